The lowest BCUT2D eigenvalue weighted by atomic mass is 10.1. The van der Waals surface area contributed by atoms with Crippen LogP contribution < -0.4 is 5.32 Å². The van der Waals surface area contributed by atoms with E-state index in [1.54, 1.807) is 18.2 Å². The fourth-order valence-corrected chi connectivity index (χ4v) is 2.14. The van der Waals surface area contributed by atoms with E-state index in [4.69, 9.17) is 5.41 Å². The number of hydrogen-bond donors (Lipinski definition) is 3. The number of hydrogen-bond acceptors (Lipinski definition) is 5. The van der Waals surface area contributed by atoms with Crippen molar-refractivity contribution in [2.75, 3.05) is 0 Å². The zero-order chi connectivity index (χ0) is 15.7. The van der Waals surface area contributed by atoms with Crippen molar-refractivity contribution in [3.8, 4) is 0 Å². The average Bonchev–Trinajstić information content (AvgIpc) is 3.33. The van der Waals surface area contributed by atoms with E-state index < -0.39 is 11.7 Å². The topological polar surface area (TPSA) is 88.8 Å². The number of rotatable bonds is 4. The zero-order valence-corrected chi connectivity index (χ0v) is 11.7. The van der Waals surface area contributed by atoms with Gasteiger partial charge in [0.05, 0.1) is 17.8 Å². The first-order chi connectivity index (χ1) is 10.6. The van der Waals surface area contributed by atoms with Crippen LogP contribution in [-0.2, 0) is 11.3 Å². The van der Waals surface area contributed by atoms with Crippen LogP contribution in [0.5, 0.6) is 0 Å². The summed E-state index contributed by atoms with van der Waals surface area (Å²) in [6.07, 6.45) is 3.05. The van der Waals surface area contributed by atoms with Gasteiger partial charge in [-0.1, -0.05) is 18.2 Å². The highest BCUT2D eigenvalue weighted by Gasteiger charge is 2.37. The summed E-state index contributed by atoms with van der Waals surface area (Å²) in [5.74, 6) is -1.28. The van der Waals surface area contributed by atoms with E-state index in [0.29, 0.717) is 5.56 Å². The van der Waals surface area contributed by atoms with Crippen molar-refractivity contribution < 1.29 is 14.3 Å². The summed E-state index contributed by atoms with van der Waals surface area (Å²) >= 11 is 0. The number of nitrogens with zero attached hydrogens (tertiary/aromatic N) is 2. The predicted octanol–water partition coefficient (Wildman–Crippen LogP) is 1.70. The van der Waals surface area contributed by atoms with Crippen LogP contribution >= 0.6 is 0 Å². The molecule has 1 aromatic carbocycles. The van der Waals surface area contributed by atoms with Crippen molar-refractivity contribution in [1.82, 2.24) is 10.3 Å². The molecule has 1 fully saturated rings. The molecule has 3 N–H and O–H groups in total. The minimum Gasteiger partial charge on any atom is -0.494 e. The van der Waals surface area contributed by atoms with Crippen LogP contribution in [0.15, 0.2) is 40.8 Å². The Morgan fingerprint density at radius 1 is 1.45 bits per heavy atom. The van der Waals surface area contributed by atoms with Gasteiger partial charge < -0.3 is 10.4 Å². The van der Waals surface area contributed by atoms with Crippen LogP contribution in [0.3, 0.4) is 0 Å². The number of carbonyl (C=O) groups is 1. The van der Waals surface area contributed by atoms with Gasteiger partial charge in [-0.2, -0.15) is 5.10 Å². The summed E-state index contributed by atoms with van der Waals surface area (Å²) in [4.78, 5) is 12.0. The lowest BCUT2D eigenvalue weighted by Crippen LogP contribution is -2.39. The van der Waals surface area contributed by atoms with E-state index >= 15 is 0 Å². The first-order valence-electron chi connectivity index (χ1n) is 6.95. The van der Waals surface area contributed by atoms with E-state index in [-0.39, 0.29) is 29.8 Å². The largest absolute Gasteiger partial charge is 0.494 e. The maximum absolute atomic E-state index is 13.5. The van der Waals surface area contributed by atoms with Crippen LogP contribution in [-0.4, -0.2) is 34.0 Å². The van der Waals surface area contributed by atoms with Crippen molar-refractivity contribution in [2.24, 2.45) is 5.10 Å². The predicted molar refractivity (Wildman–Crippen MR) is 79.0 cm³/mol. The van der Waals surface area contributed by atoms with Gasteiger partial charge in [-0.3, -0.25) is 10.2 Å². The Morgan fingerprint density at radius 3 is 2.86 bits per heavy atom. The molecule has 2 aliphatic rings. The number of amides is 1. The highest BCUT2D eigenvalue weighted by atomic mass is 19.1. The summed E-state index contributed by atoms with van der Waals surface area (Å²) in [7, 11) is 0. The van der Waals surface area contributed by atoms with Gasteiger partial charge in [0.2, 0.25) is 0 Å². The molecule has 1 heterocycles. The van der Waals surface area contributed by atoms with E-state index in [2.05, 4.69) is 10.4 Å². The molecular weight excluding hydrogens is 287 g/mol. The quantitative estimate of drug-likeness (QED) is 0.740. The first kappa shape index (κ1) is 14.2. The van der Waals surface area contributed by atoms with Gasteiger partial charge in [-0.15, -0.1) is 0 Å². The minimum atomic E-state index is -0.528. The Hall–Kier alpha value is -2.70. The number of nitrogens with one attached hydrogen (secondary N) is 2. The van der Waals surface area contributed by atoms with Crippen molar-refractivity contribution >= 4 is 17.8 Å². The minimum absolute atomic E-state index is 0.0123. The molecule has 0 spiro atoms. The van der Waals surface area contributed by atoms with E-state index in [0.717, 1.165) is 12.8 Å². The third-order valence-corrected chi connectivity index (χ3v) is 3.55. The Kier molecular flexibility index (Phi) is 3.62. The van der Waals surface area contributed by atoms with Crippen molar-refractivity contribution in [1.29, 1.82) is 5.41 Å². The highest BCUT2D eigenvalue weighted by molar-refractivity contribution is 6.49. The molecule has 1 amide bonds. The second kappa shape index (κ2) is 5.59. The third kappa shape index (κ3) is 2.69. The van der Waals surface area contributed by atoms with E-state index in [9.17, 15) is 14.3 Å². The Balaban J connectivity index is 1.75. The van der Waals surface area contributed by atoms with Gasteiger partial charge in [-0.25, -0.2) is 9.40 Å². The SMILES string of the molecule is N=C1C(=O)N(C2CC2)N=C/C1=C(\O)NCc1ccccc1F. The molecule has 114 valence electrons. The van der Waals surface area contributed by atoms with Crippen LogP contribution in [0.4, 0.5) is 4.39 Å². The van der Waals surface area contributed by atoms with E-state index in [1.165, 1.54) is 17.3 Å². The lowest BCUT2D eigenvalue weighted by Gasteiger charge is -2.22. The maximum Gasteiger partial charge on any atom is 0.292 e. The van der Waals surface area contributed by atoms with Gasteiger partial charge in [0.15, 0.2) is 5.88 Å². The zero-order valence-electron chi connectivity index (χ0n) is 11.7. The molecule has 1 aromatic rings. The Bertz CT molecular complexity index is 695. The Labute approximate surface area is 126 Å². The molecule has 0 radical (unpaired) electrons. The molecule has 7 heteroatoms. The van der Waals surface area contributed by atoms with Crippen LogP contribution in [0.2, 0.25) is 0 Å². The number of carbonyl (C=O) groups excluding carboxylic acids is 1. The standard InChI is InChI=1S/C15H15FN4O2/c16-12-4-2-1-3-9(12)7-18-14(21)11-8-19-20(10-5-6-10)15(22)13(11)17/h1-4,8,10,17-18,21H,5-7H2/b14-11+,17-13?. The average molecular weight is 302 g/mol. The fourth-order valence-electron chi connectivity index (χ4n) is 2.14. The highest BCUT2D eigenvalue weighted by Crippen LogP contribution is 2.29. The van der Waals surface area contributed by atoms with Gasteiger partial charge in [0.1, 0.15) is 11.5 Å². The Morgan fingerprint density at radius 2 is 2.18 bits per heavy atom. The van der Waals surface area contributed by atoms with Crippen molar-refractivity contribution in [3.05, 3.63) is 47.1 Å². The van der Waals surface area contributed by atoms with E-state index in [1.807, 2.05) is 0 Å². The first-order valence-corrected chi connectivity index (χ1v) is 6.95. The molecule has 6 nitrogen and oxygen atoms in total. The molecule has 0 unspecified atom stereocenters. The van der Waals surface area contributed by atoms with Crippen molar-refractivity contribution in [2.45, 2.75) is 25.4 Å². The molecular formula is C15H15FN4O2. The normalized spacial score (nSPS) is 20.3. The number of aliphatic hydroxyl groups excluding tert-OH is 1. The molecule has 1 aliphatic carbocycles. The van der Waals surface area contributed by atoms with Crippen LogP contribution in [0, 0.1) is 11.2 Å². The van der Waals surface area contributed by atoms with Gasteiger partial charge in [0, 0.05) is 12.1 Å². The molecule has 22 heavy (non-hydrogen) atoms. The summed E-state index contributed by atoms with van der Waals surface area (Å²) < 4.78 is 13.5. The second-order valence-corrected chi connectivity index (χ2v) is 5.21. The molecule has 0 saturated heterocycles. The van der Waals surface area contributed by atoms with Crippen molar-refractivity contribution in [3.63, 3.8) is 0 Å². The summed E-state index contributed by atoms with van der Waals surface area (Å²) in [5.41, 5.74) is 0.0681. The summed E-state index contributed by atoms with van der Waals surface area (Å²) in [6.45, 7) is 0.0453. The van der Waals surface area contributed by atoms with Gasteiger partial charge >= 0.3 is 0 Å². The van der Waals surface area contributed by atoms with Gasteiger partial charge in [0.25, 0.3) is 5.91 Å². The lowest BCUT2D eigenvalue weighted by molar-refractivity contribution is -0.124. The molecule has 1 saturated carbocycles. The smallest absolute Gasteiger partial charge is 0.292 e. The maximum atomic E-state index is 13.5. The van der Waals surface area contributed by atoms with Crippen LogP contribution in [0.1, 0.15) is 18.4 Å². The number of hydrazone groups is 1. The number of halogens is 1. The fraction of sp³-hybridized carbons (Fsp3) is 0.267. The molecule has 0 atom stereocenters. The monoisotopic (exact) mass is 302 g/mol. The summed E-state index contributed by atoms with van der Waals surface area (Å²) in [6, 6.07) is 6.24. The molecule has 0 bridgehead atoms. The number of benzene rings is 1. The molecule has 1 aliphatic heterocycles. The van der Waals surface area contributed by atoms with Crippen LogP contribution in [0.25, 0.3) is 0 Å². The molecule has 0 aromatic heterocycles. The summed E-state index contributed by atoms with van der Waals surface area (Å²) in [5, 5.41) is 25.7. The van der Waals surface area contributed by atoms with Gasteiger partial charge in [-0.05, 0) is 18.9 Å². The second-order valence-electron chi connectivity index (χ2n) is 5.21. The number of aliphatic hydroxyl groups is 1. The molecule has 3 rings (SSSR count). The third-order valence-electron chi connectivity index (χ3n) is 3.55.